The SMILES string of the molecule is O=C(C[C@@H]1NC(=O)N(Cc2cccc(F)c2)C1=O)N1CCN(c2ccccn2)CC1. The molecule has 156 valence electrons. The van der Waals surface area contributed by atoms with Gasteiger partial charge in [0.05, 0.1) is 13.0 Å². The molecule has 0 saturated carbocycles. The Kier molecular flexibility index (Phi) is 5.60. The fourth-order valence-electron chi connectivity index (χ4n) is 3.71. The zero-order valence-electron chi connectivity index (χ0n) is 16.3. The molecule has 4 rings (SSSR count). The highest BCUT2D eigenvalue weighted by Gasteiger charge is 2.40. The predicted molar refractivity (Wildman–Crippen MR) is 107 cm³/mol. The Hall–Kier alpha value is -3.49. The highest BCUT2D eigenvalue weighted by molar-refractivity contribution is 6.05. The summed E-state index contributed by atoms with van der Waals surface area (Å²) in [4.78, 5) is 46.7. The van der Waals surface area contributed by atoms with Crippen molar-refractivity contribution in [1.82, 2.24) is 20.1 Å². The number of benzene rings is 1. The van der Waals surface area contributed by atoms with Gasteiger partial charge < -0.3 is 15.1 Å². The standard InChI is InChI=1S/C21H22FN5O3/c22-16-5-3-4-15(12-16)14-27-20(29)17(24-21(27)30)13-19(28)26-10-8-25(9-11-26)18-6-1-2-7-23-18/h1-7,12,17H,8-11,13-14H2,(H,24,30)/t17-/m0/s1. The molecule has 1 N–H and O–H groups in total. The normalized spacial score (nSPS) is 19.2. The number of nitrogens with one attached hydrogen (secondary N) is 1. The van der Waals surface area contributed by atoms with Gasteiger partial charge in [0, 0.05) is 32.4 Å². The van der Waals surface area contributed by atoms with Gasteiger partial charge in [-0.15, -0.1) is 0 Å². The van der Waals surface area contributed by atoms with Crippen molar-refractivity contribution in [2.75, 3.05) is 31.1 Å². The number of nitrogens with zero attached hydrogens (tertiary/aromatic N) is 4. The molecule has 0 aliphatic carbocycles. The Morgan fingerprint density at radius 3 is 2.60 bits per heavy atom. The first-order valence-corrected chi connectivity index (χ1v) is 9.81. The van der Waals surface area contributed by atoms with E-state index in [1.165, 1.54) is 18.2 Å². The van der Waals surface area contributed by atoms with E-state index in [0.29, 0.717) is 31.7 Å². The molecule has 30 heavy (non-hydrogen) atoms. The lowest BCUT2D eigenvalue weighted by Crippen LogP contribution is -2.50. The minimum Gasteiger partial charge on any atom is -0.353 e. The summed E-state index contributed by atoms with van der Waals surface area (Å²) in [7, 11) is 0. The Morgan fingerprint density at radius 1 is 1.10 bits per heavy atom. The van der Waals surface area contributed by atoms with Crippen molar-refractivity contribution in [2.45, 2.75) is 19.0 Å². The zero-order valence-corrected chi connectivity index (χ0v) is 16.3. The molecule has 0 unspecified atom stereocenters. The molecule has 2 aliphatic rings. The van der Waals surface area contributed by atoms with E-state index in [9.17, 15) is 18.8 Å². The van der Waals surface area contributed by atoms with E-state index in [0.717, 1.165) is 10.7 Å². The van der Waals surface area contributed by atoms with E-state index < -0.39 is 23.8 Å². The van der Waals surface area contributed by atoms with Crippen molar-refractivity contribution in [2.24, 2.45) is 0 Å². The molecule has 3 heterocycles. The Labute approximate surface area is 173 Å². The summed E-state index contributed by atoms with van der Waals surface area (Å²) in [5, 5.41) is 2.57. The average Bonchev–Trinajstić information content (AvgIpc) is 3.02. The average molecular weight is 411 g/mol. The molecule has 4 amide bonds. The lowest BCUT2D eigenvalue weighted by atomic mass is 10.1. The second kappa shape index (κ2) is 8.48. The molecule has 2 saturated heterocycles. The van der Waals surface area contributed by atoms with Gasteiger partial charge in [-0.1, -0.05) is 18.2 Å². The maximum atomic E-state index is 13.4. The number of hydrogen-bond acceptors (Lipinski definition) is 5. The van der Waals surface area contributed by atoms with Crippen LogP contribution in [0.15, 0.2) is 48.7 Å². The first kappa shape index (κ1) is 19.8. The van der Waals surface area contributed by atoms with Crippen molar-refractivity contribution in [3.63, 3.8) is 0 Å². The minimum atomic E-state index is -0.896. The van der Waals surface area contributed by atoms with Crippen LogP contribution in [0, 0.1) is 5.82 Å². The fourth-order valence-corrected chi connectivity index (χ4v) is 3.71. The number of halogens is 1. The van der Waals surface area contributed by atoms with E-state index >= 15 is 0 Å². The lowest BCUT2D eigenvalue weighted by molar-refractivity contribution is -0.136. The third-order valence-electron chi connectivity index (χ3n) is 5.32. The molecule has 0 radical (unpaired) electrons. The minimum absolute atomic E-state index is 0.0319. The molecule has 2 aromatic rings. The summed E-state index contributed by atoms with van der Waals surface area (Å²) < 4.78 is 13.4. The molecule has 2 fully saturated rings. The number of carbonyl (C=O) groups excluding carboxylic acids is 3. The van der Waals surface area contributed by atoms with E-state index in [4.69, 9.17) is 0 Å². The van der Waals surface area contributed by atoms with E-state index in [2.05, 4.69) is 15.2 Å². The highest BCUT2D eigenvalue weighted by atomic mass is 19.1. The van der Waals surface area contributed by atoms with Gasteiger partial charge in [0.2, 0.25) is 5.91 Å². The molecule has 9 heteroatoms. The van der Waals surface area contributed by atoms with Crippen LogP contribution < -0.4 is 10.2 Å². The smallest absolute Gasteiger partial charge is 0.325 e. The molecule has 2 aliphatic heterocycles. The highest BCUT2D eigenvalue weighted by Crippen LogP contribution is 2.17. The summed E-state index contributed by atoms with van der Waals surface area (Å²) in [6.45, 7) is 2.32. The number of amides is 4. The molecular formula is C21H22FN5O3. The third kappa shape index (κ3) is 4.24. The number of hydrogen-bond donors (Lipinski definition) is 1. The van der Waals surface area contributed by atoms with Gasteiger partial charge in [-0.3, -0.25) is 14.5 Å². The van der Waals surface area contributed by atoms with Crippen molar-refractivity contribution in [3.05, 3.63) is 60.0 Å². The number of rotatable bonds is 5. The van der Waals surface area contributed by atoms with Gasteiger partial charge in [-0.2, -0.15) is 0 Å². The number of piperazine rings is 1. The van der Waals surface area contributed by atoms with Crippen LogP contribution in [0.2, 0.25) is 0 Å². The number of urea groups is 1. The number of anilines is 1. The van der Waals surface area contributed by atoms with E-state index in [1.54, 1.807) is 17.2 Å². The fraction of sp³-hybridized carbons (Fsp3) is 0.333. The Bertz CT molecular complexity index is 947. The van der Waals surface area contributed by atoms with Crippen LogP contribution >= 0.6 is 0 Å². The lowest BCUT2D eigenvalue weighted by Gasteiger charge is -2.35. The first-order valence-electron chi connectivity index (χ1n) is 9.81. The van der Waals surface area contributed by atoms with Gasteiger partial charge in [0.15, 0.2) is 0 Å². The van der Waals surface area contributed by atoms with Crippen molar-refractivity contribution in [1.29, 1.82) is 0 Å². The molecular weight excluding hydrogens is 389 g/mol. The summed E-state index contributed by atoms with van der Waals surface area (Å²) in [6, 6.07) is 9.98. The second-order valence-electron chi connectivity index (χ2n) is 7.32. The maximum absolute atomic E-state index is 13.4. The third-order valence-corrected chi connectivity index (χ3v) is 5.32. The quantitative estimate of drug-likeness (QED) is 0.752. The zero-order chi connectivity index (χ0) is 21.1. The monoisotopic (exact) mass is 411 g/mol. The number of imide groups is 1. The van der Waals surface area contributed by atoms with Crippen molar-refractivity contribution >= 4 is 23.7 Å². The largest absolute Gasteiger partial charge is 0.353 e. The maximum Gasteiger partial charge on any atom is 0.325 e. The summed E-state index contributed by atoms with van der Waals surface area (Å²) in [5.41, 5.74) is 0.510. The predicted octanol–water partition coefficient (Wildman–Crippen LogP) is 1.38. The second-order valence-corrected chi connectivity index (χ2v) is 7.32. The summed E-state index contributed by atoms with van der Waals surface area (Å²) in [5.74, 6) is -0.210. The van der Waals surface area contributed by atoms with E-state index in [1.807, 2.05) is 18.2 Å². The molecule has 0 spiro atoms. The first-order chi connectivity index (χ1) is 14.5. The van der Waals surface area contributed by atoms with Crippen LogP contribution in [0.25, 0.3) is 0 Å². The Morgan fingerprint density at radius 2 is 1.90 bits per heavy atom. The van der Waals surface area contributed by atoms with Crippen LogP contribution in [-0.4, -0.2) is 64.9 Å². The van der Waals surface area contributed by atoms with Gasteiger partial charge in [-0.25, -0.2) is 14.2 Å². The van der Waals surface area contributed by atoms with Gasteiger partial charge in [0.1, 0.15) is 17.7 Å². The van der Waals surface area contributed by atoms with Crippen LogP contribution in [0.4, 0.5) is 15.0 Å². The van der Waals surface area contributed by atoms with Gasteiger partial charge >= 0.3 is 6.03 Å². The number of pyridine rings is 1. The molecule has 0 bridgehead atoms. The van der Waals surface area contributed by atoms with Crippen LogP contribution in [0.1, 0.15) is 12.0 Å². The van der Waals surface area contributed by atoms with Crippen molar-refractivity contribution < 1.29 is 18.8 Å². The van der Waals surface area contributed by atoms with Crippen LogP contribution in [0.5, 0.6) is 0 Å². The molecule has 8 nitrogen and oxygen atoms in total. The van der Waals surface area contributed by atoms with Gasteiger partial charge in [-0.05, 0) is 29.8 Å². The summed E-state index contributed by atoms with van der Waals surface area (Å²) in [6.07, 6.45) is 1.64. The Balaban J connectivity index is 1.31. The molecule has 1 aromatic carbocycles. The molecule has 1 atom stereocenters. The van der Waals surface area contributed by atoms with Gasteiger partial charge in [0.25, 0.3) is 5.91 Å². The van der Waals surface area contributed by atoms with Crippen LogP contribution in [-0.2, 0) is 16.1 Å². The molecule has 1 aromatic heterocycles. The topological polar surface area (TPSA) is 85.8 Å². The number of carbonyl (C=O) groups is 3. The van der Waals surface area contributed by atoms with Crippen LogP contribution in [0.3, 0.4) is 0 Å². The number of aromatic nitrogens is 1. The van der Waals surface area contributed by atoms with Crippen molar-refractivity contribution in [3.8, 4) is 0 Å². The van der Waals surface area contributed by atoms with E-state index in [-0.39, 0.29) is 18.9 Å². The summed E-state index contributed by atoms with van der Waals surface area (Å²) >= 11 is 0.